The van der Waals surface area contributed by atoms with Gasteiger partial charge in [-0.05, 0) is 18.6 Å². The summed E-state index contributed by atoms with van der Waals surface area (Å²) < 4.78 is 10.00. The molecular formula is C12H14O3. The third kappa shape index (κ3) is 4.86. The number of para-hydroxylation sites is 1. The third-order valence-corrected chi connectivity index (χ3v) is 1.60. The van der Waals surface area contributed by atoms with Crippen molar-refractivity contribution in [2.75, 3.05) is 6.61 Å². The Balaban J connectivity index is 2.30. The molecule has 0 amide bonds. The van der Waals surface area contributed by atoms with Gasteiger partial charge in [-0.2, -0.15) is 0 Å². The van der Waals surface area contributed by atoms with Crippen LogP contribution in [0.1, 0.15) is 13.3 Å². The highest BCUT2D eigenvalue weighted by Crippen LogP contribution is 2.08. The highest BCUT2D eigenvalue weighted by Gasteiger charge is 1.94. The van der Waals surface area contributed by atoms with E-state index < -0.39 is 0 Å². The van der Waals surface area contributed by atoms with Crippen molar-refractivity contribution in [3.8, 4) is 5.75 Å². The minimum absolute atomic E-state index is 0.382. The first-order chi connectivity index (χ1) is 7.33. The highest BCUT2D eigenvalue weighted by atomic mass is 16.5. The van der Waals surface area contributed by atoms with Crippen molar-refractivity contribution < 1.29 is 14.3 Å². The van der Waals surface area contributed by atoms with E-state index in [1.54, 1.807) is 0 Å². The van der Waals surface area contributed by atoms with E-state index in [4.69, 9.17) is 9.47 Å². The molecule has 1 rings (SSSR count). The molecule has 0 aliphatic carbocycles. The SMILES string of the molecule is CCCOC(=O)/C=C/Oc1ccccc1. The summed E-state index contributed by atoms with van der Waals surface area (Å²) >= 11 is 0. The van der Waals surface area contributed by atoms with Crippen molar-refractivity contribution >= 4 is 5.97 Å². The lowest BCUT2D eigenvalue weighted by atomic mass is 10.3. The van der Waals surface area contributed by atoms with Crippen LogP contribution >= 0.6 is 0 Å². The van der Waals surface area contributed by atoms with E-state index in [0.29, 0.717) is 12.4 Å². The van der Waals surface area contributed by atoms with Crippen molar-refractivity contribution in [1.82, 2.24) is 0 Å². The second-order valence-electron chi connectivity index (χ2n) is 2.90. The maximum Gasteiger partial charge on any atom is 0.333 e. The zero-order chi connectivity index (χ0) is 10.9. The van der Waals surface area contributed by atoms with Gasteiger partial charge in [0.2, 0.25) is 0 Å². The Morgan fingerprint density at radius 2 is 2.07 bits per heavy atom. The van der Waals surface area contributed by atoms with Crippen LogP contribution in [0.2, 0.25) is 0 Å². The number of rotatable bonds is 5. The largest absolute Gasteiger partial charge is 0.465 e. The van der Waals surface area contributed by atoms with Crippen molar-refractivity contribution in [1.29, 1.82) is 0 Å². The minimum atomic E-state index is -0.382. The van der Waals surface area contributed by atoms with Crippen LogP contribution in [0.3, 0.4) is 0 Å². The number of hydrogen-bond acceptors (Lipinski definition) is 3. The monoisotopic (exact) mass is 206 g/mol. The first-order valence-corrected chi connectivity index (χ1v) is 4.88. The summed E-state index contributed by atoms with van der Waals surface area (Å²) in [4.78, 5) is 11.0. The van der Waals surface area contributed by atoms with Gasteiger partial charge >= 0.3 is 5.97 Å². The zero-order valence-electron chi connectivity index (χ0n) is 8.68. The van der Waals surface area contributed by atoms with Crippen LogP contribution < -0.4 is 4.74 Å². The number of carbonyl (C=O) groups excluding carboxylic acids is 1. The van der Waals surface area contributed by atoms with Gasteiger partial charge in [0, 0.05) is 0 Å². The molecule has 15 heavy (non-hydrogen) atoms. The van der Waals surface area contributed by atoms with Crippen LogP contribution in [0, 0.1) is 0 Å². The van der Waals surface area contributed by atoms with E-state index in [1.165, 1.54) is 12.3 Å². The number of carbonyl (C=O) groups is 1. The molecule has 0 aromatic heterocycles. The Bertz CT molecular complexity index is 317. The van der Waals surface area contributed by atoms with Crippen LogP contribution in [-0.4, -0.2) is 12.6 Å². The lowest BCUT2D eigenvalue weighted by molar-refractivity contribution is -0.137. The molecule has 1 aromatic rings. The molecule has 0 aliphatic rings. The van der Waals surface area contributed by atoms with Crippen LogP contribution in [0.25, 0.3) is 0 Å². The van der Waals surface area contributed by atoms with Gasteiger partial charge in [-0.1, -0.05) is 25.1 Å². The molecule has 0 unspecified atom stereocenters. The summed E-state index contributed by atoms with van der Waals surface area (Å²) in [6.45, 7) is 2.38. The van der Waals surface area contributed by atoms with E-state index >= 15 is 0 Å². The van der Waals surface area contributed by atoms with Crippen molar-refractivity contribution in [2.24, 2.45) is 0 Å². The fraction of sp³-hybridized carbons (Fsp3) is 0.250. The molecule has 0 radical (unpaired) electrons. The van der Waals surface area contributed by atoms with E-state index in [2.05, 4.69) is 0 Å². The Morgan fingerprint density at radius 1 is 1.33 bits per heavy atom. The molecule has 0 saturated heterocycles. The molecule has 1 aromatic carbocycles. The van der Waals surface area contributed by atoms with Crippen LogP contribution in [0.4, 0.5) is 0 Å². The fourth-order valence-electron chi connectivity index (χ4n) is 0.918. The van der Waals surface area contributed by atoms with Crippen molar-refractivity contribution in [3.05, 3.63) is 42.7 Å². The second kappa shape index (κ2) is 6.65. The number of benzene rings is 1. The Labute approximate surface area is 89.3 Å². The van der Waals surface area contributed by atoms with Gasteiger partial charge in [-0.3, -0.25) is 0 Å². The molecule has 0 fully saturated rings. The van der Waals surface area contributed by atoms with Gasteiger partial charge in [0.15, 0.2) is 0 Å². The highest BCUT2D eigenvalue weighted by molar-refractivity contribution is 5.81. The maximum atomic E-state index is 11.0. The van der Waals surface area contributed by atoms with Crippen LogP contribution in [-0.2, 0) is 9.53 Å². The molecule has 0 N–H and O–H groups in total. The van der Waals surface area contributed by atoms with Gasteiger partial charge in [-0.15, -0.1) is 0 Å². The van der Waals surface area contributed by atoms with Crippen molar-refractivity contribution in [3.63, 3.8) is 0 Å². The molecule has 0 spiro atoms. The summed E-state index contributed by atoms with van der Waals surface area (Å²) in [6.07, 6.45) is 3.41. The van der Waals surface area contributed by atoms with Gasteiger partial charge in [0.05, 0.1) is 18.9 Å². The molecule has 0 aliphatic heterocycles. The fourth-order valence-corrected chi connectivity index (χ4v) is 0.918. The van der Waals surface area contributed by atoms with E-state index in [9.17, 15) is 4.79 Å². The first kappa shape index (κ1) is 11.3. The van der Waals surface area contributed by atoms with E-state index in [-0.39, 0.29) is 5.97 Å². The third-order valence-electron chi connectivity index (χ3n) is 1.60. The smallest absolute Gasteiger partial charge is 0.333 e. The normalized spacial score (nSPS) is 10.2. The molecule has 0 atom stereocenters. The molecule has 3 nitrogen and oxygen atoms in total. The Morgan fingerprint density at radius 3 is 2.73 bits per heavy atom. The topological polar surface area (TPSA) is 35.5 Å². The molecule has 0 saturated carbocycles. The Hall–Kier alpha value is -1.77. The summed E-state index contributed by atoms with van der Waals surface area (Å²) in [5.41, 5.74) is 0. The van der Waals surface area contributed by atoms with Gasteiger partial charge in [0.25, 0.3) is 0 Å². The summed E-state index contributed by atoms with van der Waals surface area (Å²) in [5.74, 6) is 0.310. The molecule has 80 valence electrons. The predicted octanol–water partition coefficient (Wildman–Crippen LogP) is 2.53. The molecule has 0 heterocycles. The van der Waals surface area contributed by atoms with Crippen molar-refractivity contribution in [2.45, 2.75) is 13.3 Å². The lowest BCUT2D eigenvalue weighted by Gasteiger charge is -1.99. The predicted molar refractivity (Wildman–Crippen MR) is 57.5 cm³/mol. The van der Waals surface area contributed by atoms with Gasteiger partial charge < -0.3 is 9.47 Å². The molecule has 3 heteroatoms. The number of esters is 1. The van der Waals surface area contributed by atoms with Gasteiger partial charge in [-0.25, -0.2) is 4.79 Å². The lowest BCUT2D eigenvalue weighted by Crippen LogP contribution is -2.01. The summed E-state index contributed by atoms with van der Waals surface area (Å²) in [7, 11) is 0. The Kier molecular flexibility index (Phi) is 5.01. The standard InChI is InChI=1S/C12H14O3/c1-2-9-15-12(13)8-10-14-11-6-4-3-5-7-11/h3-8,10H,2,9H2,1H3/b10-8+. The summed E-state index contributed by atoms with van der Waals surface area (Å²) in [6, 6.07) is 9.23. The van der Waals surface area contributed by atoms with Crippen LogP contribution in [0.15, 0.2) is 42.7 Å². The second-order valence-corrected chi connectivity index (χ2v) is 2.90. The van der Waals surface area contributed by atoms with E-state index in [0.717, 1.165) is 6.42 Å². The van der Waals surface area contributed by atoms with Gasteiger partial charge in [0.1, 0.15) is 5.75 Å². The minimum Gasteiger partial charge on any atom is -0.465 e. The number of hydrogen-bond donors (Lipinski definition) is 0. The zero-order valence-corrected chi connectivity index (χ0v) is 8.68. The number of ether oxygens (including phenoxy) is 2. The average molecular weight is 206 g/mol. The first-order valence-electron chi connectivity index (χ1n) is 4.88. The maximum absolute atomic E-state index is 11.0. The van der Waals surface area contributed by atoms with E-state index in [1.807, 2.05) is 37.3 Å². The summed E-state index contributed by atoms with van der Waals surface area (Å²) in [5, 5.41) is 0. The molecular weight excluding hydrogens is 192 g/mol. The van der Waals surface area contributed by atoms with Crippen LogP contribution in [0.5, 0.6) is 5.75 Å². The quantitative estimate of drug-likeness (QED) is 0.422. The molecule has 0 bridgehead atoms. The average Bonchev–Trinajstić information content (AvgIpc) is 2.28.